The molecule has 2 heterocycles. The van der Waals surface area contributed by atoms with Crippen molar-refractivity contribution < 1.29 is 17.9 Å². The van der Waals surface area contributed by atoms with Crippen LogP contribution in [0.4, 0.5) is 4.79 Å². The van der Waals surface area contributed by atoms with Crippen molar-refractivity contribution in [3.63, 3.8) is 0 Å². The highest BCUT2D eigenvalue weighted by Gasteiger charge is 2.29. The van der Waals surface area contributed by atoms with Crippen LogP contribution in [0.15, 0.2) is 47.4 Å². The standard InChI is InChI=1S/C20H19Cl2N3O4S/c21-14-4-7-18(16(22)12-14)30(27,28)25-10-8-13(9-11-25)17-2-1-3-19(24-17)29-20(26)23-15-5-6-15/h1-4,7-8,12,15H,5-6,9-11H2,(H,23,26). The van der Waals surface area contributed by atoms with E-state index in [9.17, 15) is 13.2 Å². The van der Waals surface area contributed by atoms with Crippen molar-refractivity contribution in [2.45, 2.75) is 30.2 Å². The molecular weight excluding hydrogens is 449 g/mol. The Kier molecular flexibility index (Phi) is 6.02. The maximum atomic E-state index is 12.9. The zero-order valence-electron chi connectivity index (χ0n) is 15.8. The largest absolute Gasteiger partial charge is 0.414 e. The van der Waals surface area contributed by atoms with Gasteiger partial charge >= 0.3 is 6.09 Å². The maximum Gasteiger partial charge on any atom is 0.414 e. The quantitative estimate of drug-likeness (QED) is 0.714. The molecule has 158 valence electrons. The summed E-state index contributed by atoms with van der Waals surface area (Å²) in [5.74, 6) is 0.203. The minimum atomic E-state index is -3.74. The van der Waals surface area contributed by atoms with E-state index in [1.54, 1.807) is 24.3 Å². The maximum absolute atomic E-state index is 12.9. The fourth-order valence-electron chi connectivity index (χ4n) is 3.09. The Labute approximate surface area is 184 Å². The fourth-order valence-corrected chi connectivity index (χ4v) is 5.22. The number of benzene rings is 1. The Morgan fingerprint density at radius 3 is 2.67 bits per heavy atom. The number of rotatable bonds is 5. The van der Waals surface area contributed by atoms with Crippen LogP contribution in [0.3, 0.4) is 0 Å². The number of amides is 1. The Morgan fingerprint density at radius 2 is 2.00 bits per heavy atom. The highest BCUT2D eigenvalue weighted by atomic mass is 35.5. The topological polar surface area (TPSA) is 88.6 Å². The second-order valence-corrected chi connectivity index (χ2v) is 9.84. The molecule has 2 aliphatic rings. The zero-order chi connectivity index (χ0) is 21.3. The fraction of sp³-hybridized carbons (Fsp3) is 0.300. The lowest BCUT2D eigenvalue weighted by atomic mass is 10.1. The lowest BCUT2D eigenvalue weighted by Gasteiger charge is -2.26. The van der Waals surface area contributed by atoms with Gasteiger partial charge in [0.25, 0.3) is 0 Å². The van der Waals surface area contributed by atoms with Crippen molar-refractivity contribution in [2.24, 2.45) is 0 Å². The normalized spacial score (nSPS) is 17.3. The molecule has 0 unspecified atom stereocenters. The SMILES string of the molecule is O=C(NC1CC1)Oc1cccc(C2=CCN(S(=O)(=O)c3ccc(Cl)cc3Cl)CC2)n1. The molecule has 0 spiro atoms. The number of halogens is 2. The van der Waals surface area contributed by atoms with Gasteiger partial charge in [-0.25, -0.2) is 18.2 Å². The van der Waals surface area contributed by atoms with Crippen LogP contribution in [-0.4, -0.2) is 42.9 Å². The Hall–Kier alpha value is -2.13. The Balaban J connectivity index is 1.47. The average Bonchev–Trinajstić information content (AvgIpc) is 3.52. The summed E-state index contributed by atoms with van der Waals surface area (Å²) in [5, 5.41) is 3.20. The molecule has 1 amide bonds. The van der Waals surface area contributed by atoms with Crippen molar-refractivity contribution in [3.05, 3.63) is 58.2 Å². The molecule has 1 N–H and O–H groups in total. The Morgan fingerprint density at radius 1 is 1.20 bits per heavy atom. The van der Waals surface area contributed by atoms with Gasteiger partial charge in [-0.3, -0.25) is 0 Å². The molecular formula is C20H19Cl2N3O4S. The first-order valence-corrected chi connectivity index (χ1v) is 11.6. The summed E-state index contributed by atoms with van der Waals surface area (Å²) in [7, 11) is -3.74. The zero-order valence-corrected chi connectivity index (χ0v) is 18.2. The van der Waals surface area contributed by atoms with Gasteiger partial charge in [0, 0.05) is 30.2 Å². The third-order valence-corrected chi connectivity index (χ3v) is 7.42. The third kappa shape index (κ3) is 4.78. The molecule has 1 saturated carbocycles. The number of nitrogens with zero attached hydrogens (tertiary/aromatic N) is 2. The number of hydrogen-bond acceptors (Lipinski definition) is 5. The van der Waals surface area contributed by atoms with E-state index in [0.717, 1.165) is 18.4 Å². The predicted octanol–water partition coefficient (Wildman–Crippen LogP) is 4.12. The number of pyridine rings is 1. The van der Waals surface area contributed by atoms with Gasteiger partial charge < -0.3 is 10.1 Å². The lowest BCUT2D eigenvalue weighted by Crippen LogP contribution is -2.35. The molecule has 10 heteroatoms. The summed E-state index contributed by atoms with van der Waals surface area (Å²) in [6.07, 6.45) is 3.69. The van der Waals surface area contributed by atoms with Gasteiger partial charge in [-0.15, -0.1) is 0 Å². The first kappa shape index (κ1) is 21.1. The van der Waals surface area contributed by atoms with Crippen molar-refractivity contribution in [1.29, 1.82) is 0 Å². The van der Waals surface area contributed by atoms with Crippen molar-refractivity contribution >= 4 is 44.9 Å². The molecule has 1 aliphatic carbocycles. The molecule has 1 aliphatic heterocycles. The van der Waals surface area contributed by atoms with Gasteiger partial charge in [-0.1, -0.05) is 35.3 Å². The first-order valence-electron chi connectivity index (χ1n) is 9.43. The van der Waals surface area contributed by atoms with Crippen LogP contribution >= 0.6 is 23.2 Å². The number of aromatic nitrogens is 1. The number of sulfonamides is 1. The molecule has 4 rings (SSSR count). The summed E-state index contributed by atoms with van der Waals surface area (Å²) < 4.78 is 32.4. The number of carbonyl (C=O) groups is 1. The molecule has 0 saturated heterocycles. The highest BCUT2D eigenvalue weighted by Crippen LogP contribution is 2.30. The number of nitrogens with one attached hydrogen (secondary N) is 1. The molecule has 1 aromatic carbocycles. The lowest BCUT2D eigenvalue weighted by molar-refractivity contribution is 0.198. The monoisotopic (exact) mass is 467 g/mol. The molecule has 0 bridgehead atoms. The third-order valence-electron chi connectivity index (χ3n) is 4.83. The highest BCUT2D eigenvalue weighted by molar-refractivity contribution is 7.89. The van der Waals surface area contributed by atoms with E-state index in [1.165, 1.54) is 22.5 Å². The molecule has 1 aromatic heterocycles. The summed E-state index contributed by atoms with van der Waals surface area (Å²) in [6, 6.07) is 9.68. The van der Waals surface area contributed by atoms with Gasteiger partial charge in [0.2, 0.25) is 15.9 Å². The molecule has 30 heavy (non-hydrogen) atoms. The van der Waals surface area contributed by atoms with Crippen LogP contribution in [0.25, 0.3) is 5.57 Å². The van der Waals surface area contributed by atoms with Gasteiger partial charge in [0.15, 0.2) is 0 Å². The molecule has 0 atom stereocenters. The minimum Gasteiger partial charge on any atom is -0.391 e. The molecule has 7 nitrogen and oxygen atoms in total. The molecule has 0 radical (unpaired) electrons. The predicted molar refractivity (Wildman–Crippen MR) is 114 cm³/mol. The van der Waals surface area contributed by atoms with E-state index in [1.807, 2.05) is 0 Å². The van der Waals surface area contributed by atoms with Crippen molar-refractivity contribution in [3.8, 4) is 5.88 Å². The summed E-state index contributed by atoms with van der Waals surface area (Å²) in [4.78, 5) is 16.2. The summed E-state index contributed by atoms with van der Waals surface area (Å²) in [6.45, 7) is 0.466. The van der Waals surface area contributed by atoms with E-state index in [4.69, 9.17) is 27.9 Å². The average molecular weight is 468 g/mol. The summed E-state index contributed by atoms with van der Waals surface area (Å²) in [5.41, 5.74) is 1.53. The van der Waals surface area contributed by atoms with Crippen LogP contribution in [0, 0.1) is 0 Å². The van der Waals surface area contributed by atoms with Gasteiger partial charge in [0.1, 0.15) is 4.90 Å². The Bertz CT molecular complexity index is 1120. The minimum absolute atomic E-state index is 0.0283. The summed E-state index contributed by atoms with van der Waals surface area (Å²) >= 11 is 12.0. The van der Waals surface area contributed by atoms with E-state index in [0.29, 0.717) is 17.1 Å². The van der Waals surface area contributed by atoms with E-state index in [2.05, 4.69) is 10.3 Å². The number of ether oxygens (including phenoxy) is 1. The van der Waals surface area contributed by atoms with Gasteiger partial charge in [-0.05, 0) is 49.1 Å². The van der Waals surface area contributed by atoms with Crippen LogP contribution in [0.1, 0.15) is 25.0 Å². The van der Waals surface area contributed by atoms with Crippen LogP contribution in [-0.2, 0) is 10.0 Å². The van der Waals surface area contributed by atoms with Crippen LogP contribution in [0.5, 0.6) is 5.88 Å². The van der Waals surface area contributed by atoms with Gasteiger partial charge in [0.05, 0.1) is 10.7 Å². The van der Waals surface area contributed by atoms with Gasteiger partial charge in [-0.2, -0.15) is 4.31 Å². The number of carbonyl (C=O) groups excluding carboxylic acids is 1. The first-order chi connectivity index (χ1) is 14.3. The van der Waals surface area contributed by atoms with Crippen LogP contribution < -0.4 is 10.1 Å². The molecule has 1 fully saturated rings. The molecule has 2 aromatic rings. The second-order valence-electron chi connectivity index (χ2n) is 7.09. The van der Waals surface area contributed by atoms with E-state index in [-0.39, 0.29) is 34.9 Å². The van der Waals surface area contributed by atoms with Crippen molar-refractivity contribution in [1.82, 2.24) is 14.6 Å². The van der Waals surface area contributed by atoms with E-state index >= 15 is 0 Å². The number of hydrogen-bond donors (Lipinski definition) is 1. The van der Waals surface area contributed by atoms with Crippen LogP contribution in [0.2, 0.25) is 10.0 Å². The smallest absolute Gasteiger partial charge is 0.391 e. The van der Waals surface area contributed by atoms with E-state index < -0.39 is 16.1 Å². The van der Waals surface area contributed by atoms with Crippen molar-refractivity contribution in [2.75, 3.05) is 13.1 Å². The second kappa shape index (κ2) is 8.55.